The molecule has 1 aromatic heterocycles. The second-order valence-electron chi connectivity index (χ2n) is 19.0. The Balaban J connectivity index is 1.07. The number of fused-ring (bicyclic) bond motifs is 11. The van der Waals surface area contributed by atoms with E-state index in [0.29, 0.717) is 0 Å². The second kappa shape index (κ2) is 14.0. The Hall–Kier alpha value is -7.10. The lowest BCUT2D eigenvalue weighted by Gasteiger charge is -2.50. The predicted molar refractivity (Wildman–Crippen MR) is 262 cm³/mol. The van der Waals surface area contributed by atoms with E-state index >= 15 is 0 Å². The van der Waals surface area contributed by atoms with Gasteiger partial charge in [-0.2, -0.15) is 0 Å². The smallest absolute Gasteiger partial charge is 0.155 e. The van der Waals surface area contributed by atoms with Gasteiger partial charge in [0.2, 0.25) is 0 Å². The molecule has 2 unspecified atom stereocenters. The number of benzene rings is 8. The third-order valence-corrected chi connectivity index (χ3v) is 14.7. The summed E-state index contributed by atoms with van der Waals surface area (Å²) in [6, 6.07) is 72.0. The summed E-state index contributed by atoms with van der Waals surface area (Å²) in [4.78, 5) is 11.0. The molecule has 2 aliphatic heterocycles. The summed E-state index contributed by atoms with van der Waals surface area (Å²) in [6.07, 6.45) is 1.80. The van der Waals surface area contributed by atoms with Gasteiger partial charge in [-0.1, -0.05) is 198 Å². The Labute approximate surface area is 370 Å². The molecule has 0 radical (unpaired) electrons. The SMILES string of the molecule is CC1(C)c2ccccc2C2(c3ccccc3-n3c4ccccc4c4cccc2c43)c2cc(-c3cccc(C4=NC(c5ccccc5)=NC(c5ccccc5)C(C)(C)CC4)c3)ccc21. The molecule has 63 heavy (non-hydrogen) atoms. The molecule has 2 atom stereocenters. The van der Waals surface area contributed by atoms with Crippen LogP contribution in [0, 0.1) is 5.41 Å². The highest BCUT2D eigenvalue weighted by Crippen LogP contribution is 2.61. The highest BCUT2D eigenvalue weighted by atomic mass is 15.0. The molecule has 8 aromatic carbocycles. The standard InChI is InChI=1S/C60H49N3/c1-58(2)36-35-52(61-57(40-21-9-6-10-22-40)62-56(58)39-19-7-5-8-20-39)43-24-17-23-41(37-43)42-33-34-47-51(38-42)60(48-28-13-12-27-46(48)59(47,3)4)49-29-14-16-32-54(49)63-53-31-15-11-25-44(53)45-26-18-30-50(60)55(45)63/h5-34,37-38,56H,35-36H2,1-4H3. The minimum absolute atomic E-state index is 0.0141. The zero-order valence-corrected chi connectivity index (χ0v) is 36.3. The highest BCUT2D eigenvalue weighted by Gasteiger charge is 2.52. The van der Waals surface area contributed by atoms with E-state index < -0.39 is 5.41 Å². The van der Waals surface area contributed by atoms with Crippen LogP contribution in [0.5, 0.6) is 0 Å². The molecule has 3 heterocycles. The number of para-hydroxylation sites is 3. The van der Waals surface area contributed by atoms with Gasteiger partial charge in [0.25, 0.3) is 0 Å². The van der Waals surface area contributed by atoms with E-state index in [-0.39, 0.29) is 16.9 Å². The fourth-order valence-corrected chi connectivity index (χ4v) is 11.6. The summed E-state index contributed by atoms with van der Waals surface area (Å²) >= 11 is 0. The van der Waals surface area contributed by atoms with E-state index in [0.717, 1.165) is 35.5 Å². The van der Waals surface area contributed by atoms with Crippen LogP contribution in [-0.2, 0) is 10.8 Å². The molecule has 0 amide bonds. The van der Waals surface area contributed by atoms with E-state index in [4.69, 9.17) is 9.98 Å². The summed E-state index contributed by atoms with van der Waals surface area (Å²) in [7, 11) is 0. The van der Waals surface area contributed by atoms with Crippen molar-refractivity contribution < 1.29 is 0 Å². The fourth-order valence-electron chi connectivity index (χ4n) is 11.6. The molecular formula is C60H49N3. The molecule has 1 aliphatic carbocycles. The Morgan fingerprint density at radius 2 is 1.08 bits per heavy atom. The van der Waals surface area contributed by atoms with Crippen molar-refractivity contribution in [3.8, 4) is 16.8 Å². The number of hydrogen-bond acceptors (Lipinski definition) is 2. The first-order chi connectivity index (χ1) is 30.7. The van der Waals surface area contributed by atoms with Crippen LogP contribution in [0.1, 0.15) is 96.6 Å². The van der Waals surface area contributed by atoms with Crippen LogP contribution in [0.15, 0.2) is 204 Å². The van der Waals surface area contributed by atoms with Crippen LogP contribution in [0.2, 0.25) is 0 Å². The normalized spacial score (nSPS) is 19.3. The lowest BCUT2D eigenvalue weighted by Crippen LogP contribution is -2.44. The first kappa shape index (κ1) is 37.6. The molecule has 9 aromatic rings. The molecule has 1 spiro atoms. The topological polar surface area (TPSA) is 29.6 Å². The summed E-state index contributed by atoms with van der Waals surface area (Å²) in [5, 5.41) is 2.58. The minimum Gasteiger partial charge on any atom is -0.309 e. The van der Waals surface area contributed by atoms with Crippen LogP contribution in [0.3, 0.4) is 0 Å². The van der Waals surface area contributed by atoms with Crippen LogP contribution in [0.4, 0.5) is 0 Å². The Morgan fingerprint density at radius 3 is 1.90 bits per heavy atom. The first-order valence-corrected chi connectivity index (χ1v) is 22.5. The van der Waals surface area contributed by atoms with Gasteiger partial charge in [0.05, 0.1) is 33.9 Å². The van der Waals surface area contributed by atoms with Crippen LogP contribution in [0.25, 0.3) is 38.6 Å². The average Bonchev–Trinajstić information content (AvgIpc) is 3.66. The van der Waals surface area contributed by atoms with Gasteiger partial charge in [0.15, 0.2) is 5.84 Å². The molecule has 0 N–H and O–H groups in total. The Morgan fingerprint density at radius 1 is 0.476 bits per heavy atom. The summed E-state index contributed by atoms with van der Waals surface area (Å²) in [6.45, 7) is 9.55. The van der Waals surface area contributed by atoms with Crippen molar-refractivity contribution >= 4 is 33.4 Å². The summed E-state index contributed by atoms with van der Waals surface area (Å²) < 4.78 is 2.53. The highest BCUT2D eigenvalue weighted by molar-refractivity contribution is 6.14. The maximum absolute atomic E-state index is 5.51. The number of aliphatic imine (C=N–C) groups is 2. The molecule has 304 valence electrons. The zero-order chi connectivity index (χ0) is 42.5. The van der Waals surface area contributed by atoms with Crippen molar-refractivity contribution in [2.75, 3.05) is 0 Å². The number of hydrogen-bond donors (Lipinski definition) is 0. The number of aromatic nitrogens is 1. The van der Waals surface area contributed by atoms with Gasteiger partial charge in [-0.25, -0.2) is 4.99 Å². The van der Waals surface area contributed by atoms with Gasteiger partial charge < -0.3 is 4.57 Å². The molecule has 3 nitrogen and oxygen atoms in total. The van der Waals surface area contributed by atoms with Gasteiger partial charge in [-0.15, -0.1) is 0 Å². The van der Waals surface area contributed by atoms with Gasteiger partial charge in [-0.3, -0.25) is 4.99 Å². The van der Waals surface area contributed by atoms with E-state index in [1.165, 1.54) is 77.6 Å². The number of rotatable bonds is 4. The largest absolute Gasteiger partial charge is 0.309 e. The van der Waals surface area contributed by atoms with Gasteiger partial charge in [0.1, 0.15) is 0 Å². The first-order valence-electron chi connectivity index (χ1n) is 22.5. The van der Waals surface area contributed by atoms with E-state index in [1.54, 1.807) is 0 Å². The molecule has 3 heteroatoms. The number of nitrogens with zero attached hydrogens (tertiary/aromatic N) is 3. The molecular weight excluding hydrogens is 763 g/mol. The lowest BCUT2D eigenvalue weighted by molar-refractivity contribution is 0.272. The van der Waals surface area contributed by atoms with Crippen molar-refractivity contribution in [2.24, 2.45) is 15.4 Å². The van der Waals surface area contributed by atoms with Crippen molar-refractivity contribution in [2.45, 2.75) is 57.4 Å². The molecule has 0 fully saturated rings. The average molecular weight is 812 g/mol. The van der Waals surface area contributed by atoms with E-state index in [9.17, 15) is 0 Å². The molecule has 3 aliphatic rings. The van der Waals surface area contributed by atoms with Crippen molar-refractivity contribution in [3.63, 3.8) is 0 Å². The lowest BCUT2D eigenvalue weighted by atomic mass is 9.53. The van der Waals surface area contributed by atoms with Crippen LogP contribution < -0.4 is 0 Å². The van der Waals surface area contributed by atoms with Gasteiger partial charge in [0, 0.05) is 21.8 Å². The minimum atomic E-state index is -0.554. The maximum atomic E-state index is 5.51. The Kier molecular flexibility index (Phi) is 8.34. The van der Waals surface area contributed by atoms with E-state index in [1.807, 2.05) is 0 Å². The molecule has 0 saturated carbocycles. The zero-order valence-electron chi connectivity index (χ0n) is 36.3. The van der Waals surface area contributed by atoms with Crippen molar-refractivity contribution in [1.29, 1.82) is 0 Å². The van der Waals surface area contributed by atoms with Gasteiger partial charge >= 0.3 is 0 Å². The fraction of sp³-hybridized carbons (Fsp3) is 0.167. The maximum Gasteiger partial charge on any atom is 0.155 e. The third kappa shape index (κ3) is 5.52. The van der Waals surface area contributed by atoms with Crippen molar-refractivity contribution in [1.82, 2.24) is 4.57 Å². The monoisotopic (exact) mass is 811 g/mol. The predicted octanol–water partition coefficient (Wildman–Crippen LogP) is 14.6. The Bertz CT molecular complexity index is 3350. The molecule has 12 rings (SSSR count). The second-order valence-corrected chi connectivity index (χ2v) is 19.0. The number of amidine groups is 1. The third-order valence-electron chi connectivity index (χ3n) is 14.7. The van der Waals surface area contributed by atoms with Crippen molar-refractivity contribution in [3.05, 3.63) is 244 Å². The molecule has 0 saturated heterocycles. The van der Waals surface area contributed by atoms with E-state index in [2.05, 4.69) is 226 Å². The summed E-state index contributed by atoms with van der Waals surface area (Å²) in [5.41, 5.74) is 17.9. The van der Waals surface area contributed by atoms with Crippen LogP contribution in [-0.4, -0.2) is 16.1 Å². The quantitative estimate of drug-likeness (QED) is 0.169. The molecule has 0 bridgehead atoms. The van der Waals surface area contributed by atoms with Crippen LogP contribution >= 0.6 is 0 Å². The summed E-state index contributed by atoms with van der Waals surface area (Å²) in [5.74, 6) is 0.789. The van der Waals surface area contributed by atoms with Gasteiger partial charge in [-0.05, 0) is 98.2 Å².